The van der Waals surface area contributed by atoms with Gasteiger partial charge in [0.1, 0.15) is 11.6 Å². The minimum Gasteiger partial charge on any atom is -0.207 e. The maximum atomic E-state index is 13.5. The predicted octanol–water partition coefficient (Wildman–Crippen LogP) is 4.73. The van der Waals surface area contributed by atoms with Crippen LogP contribution in [0, 0.1) is 23.3 Å². The molecule has 0 spiro atoms. The standard InChI is InChI=1S/C13H7BrF4/c14-13(7-1-4-10(16)12(18)5-7)9-3-2-8(15)6-11(9)17/h1-6,13H. The summed E-state index contributed by atoms with van der Waals surface area (Å²) in [6.07, 6.45) is 0. The molecule has 1 atom stereocenters. The molecule has 0 radical (unpaired) electrons. The highest BCUT2D eigenvalue weighted by molar-refractivity contribution is 9.09. The van der Waals surface area contributed by atoms with Gasteiger partial charge in [0.05, 0.1) is 4.83 Å². The maximum Gasteiger partial charge on any atom is 0.159 e. The molecule has 0 N–H and O–H groups in total. The number of rotatable bonds is 2. The molecule has 0 heterocycles. The lowest BCUT2D eigenvalue weighted by Gasteiger charge is -2.12. The first-order chi connectivity index (χ1) is 8.49. The van der Waals surface area contributed by atoms with Crippen LogP contribution in [0.5, 0.6) is 0 Å². The van der Waals surface area contributed by atoms with Crippen LogP contribution in [0.1, 0.15) is 16.0 Å². The second-order valence-electron chi connectivity index (χ2n) is 3.70. The third kappa shape index (κ3) is 2.56. The van der Waals surface area contributed by atoms with Gasteiger partial charge in [0.15, 0.2) is 11.6 Å². The molecular weight excluding hydrogens is 312 g/mol. The van der Waals surface area contributed by atoms with Crippen molar-refractivity contribution in [1.82, 2.24) is 0 Å². The predicted molar refractivity (Wildman–Crippen MR) is 63.5 cm³/mol. The van der Waals surface area contributed by atoms with E-state index in [1.807, 2.05) is 0 Å². The van der Waals surface area contributed by atoms with Crippen molar-refractivity contribution < 1.29 is 17.6 Å². The van der Waals surface area contributed by atoms with Gasteiger partial charge in [-0.05, 0) is 23.8 Å². The van der Waals surface area contributed by atoms with E-state index >= 15 is 0 Å². The molecule has 0 aliphatic carbocycles. The van der Waals surface area contributed by atoms with Crippen LogP contribution < -0.4 is 0 Å². The third-order valence-electron chi connectivity index (χ3n) is 2.47. The van der Waals surface area contributed by atoms with Gasteiger partial charge in [-0.2, -0.15) is 0 Å². The molecule has 1 unspecified atom stereocenters. The van der Waals surface area contributed by atoms with Crippen LogP contribution in [0.4, 0.5) is 17.6 Å². The summed E-state index contributed by atoms with van der Waals surface area (Å²) in [6.45, 7) is 0. The highest BCUT2D eigenvalue weighted by atomic mass is 79.9. The fraction of sp³-hybridized carbons (Fsp3) is 0.0769. The zero-order valence-corrected chi connectivity index (χ0v) is 10.5. The van der Waals surface area contributed by atoms with E-state index < -0.39 is 28.1 Å². The Hall–Kier alpha value is -1.36. The summed E-state index contributed by atoms with van der Waals surface area (Å²) in [5.74, 6) is -3.43. The Morgan fingerprint density at radius 2 is 1.50 bits per heavy atom. The minimum atomic E-state index is -1.01. The Morgan fingerprint density at radius 3 is 2.11 bits per heavy atom. The van der Waals surface area contributed by atoms with E-state index in [1.54, 1.807) is 0 Å². The maximum absolute atomic E-state index is 13.5. The summed E-state index contributed by atoms with van der Waals surface area (Å²) in [5, 5.41) is 0. The SMILES string of the molecule is Fc1ccc(C(Br)c2ccc(F)c(F)c2)c(F)c1. The Morgan fingerprint density at radius 1 is 0.778 bits per heavy atom. The van der Waals surface area contributed by atoms with Crippen LogP contribution in [-0.2, 0) is 0 Å². The molecule has 0 saturated carbocycles. The first kappa shape index (κ1) is 13.1. The van der Waals surface area contributed by atoms with Crippen molar-refractivity contribution in [3.8, 4) is 0 Å². The molecule has 0 aromatic heterocycles. The lowest BCUT2D eigenvalue weighted by Crippen LogP contribution is -1.98. The molecule has 0 aliphatic rings. The summed E-state index contributed by atoms with van der Waals surface area (Å²) in [4.78, 5) is -0.673. The number of hydrogen-bond acceptors (Lipinski definition) is 0. The van der Waals surface area contributed by atoms with E-state index in [1.165, 1.54) is 12.1 Å². The van der Waals surface area contributed by atoms with E-state index in [4.69, 9.17) is 0 Å². The first-order valence-corrected chi connectivity index (χ1v) is 5.94. The van der Waals surface area contributed by atoms with Gasteiger partial charge in [0.25, 0.3) is 0 Å². The fourth-order valence-corrected chi connectivity index (χ4v) is 2.21. The summed E-state index contributed by atoms with van der Waals surface area (Å²) in [7, 11) is 0. The van der Waals surface area contributed by atoms with Crippen LogP contribution >= 0.6 is 15.9 Å². The number of halogens is 5. The molecule has 94 valence electrons. The molecule has 2 aromatic carbocycles. The molecule has 0 amide bonds. The Balaban J connectivity index is 2.41. The van der Waals surface area contributed by atoms with Gasteiger partial charge >= 0.3 is 0 Å². The summed E-state index contributed by atoms with van der Waals surface area (Å²) in [5.41, 5.74) is 0.502. The van der Waals surface area contributed by atoms with E-state index in [2.05, 4.69) is 15.9 Å². The molecule has 18 heavy (non-hydrogen) atoms. The van der Waals surface area contributed by atoms with Crippen molar-refractivity contribution >= 4 is 15.9 Å². The van der Waals surface area contributed by atoms with Gasteiger partial charge in [-0.1, -0.05) is 28.1 Å². The zero-order chi connectivity index (χ0) is 13.3. The molecule has 2 rings (SSSR count). The summed E-state index contributed by atoms with van der Waals surface area (Å²) >= 11 is 3.18. The highest BCUT2D eigenvalue weighted by Crippen LogP contribution is 2.33. The minimum absolute atomic E-state index is 0.155. The van der Waals surface area contributed by atoms with Crippen LogP contribution in [0.15, 0.2) is 36.4 Å². The van der Waals surface area contributed by atoms with Gasteiger partial charge in [-0.15, -0.1) is 0 Å². The van der Waals surface area contributed by atoms with Gasteiger partial charge in [0.2, 0.25) is 0 Å². The topological polar surface area (TPSA) is 0 Å². The molecule has 0 aliphatic heterocycles. The Labute approximate surface area is 109 Å². The molecule has 5 heteroatoms. The second-order valence-corrected chi connectivity index (χ2v) is 4.62. The van der Waals surface area contributed by atoms with Crippen molar-refractivity contribution in [3.05, 3.63) is 70.8 Å². The quantitative estimate of drug-likeness (QED) is 0.555. The van der Waals surface area contributed by atoms with Crippen LogP contribution in [0.2, 0.25) is 0 Å². The number of hydrogen-bond donors (Lipinski definition) is 0. The second kappa shape index (κ2) is 5.10. The monoisotopic (exact) mass is 318 g/mol. The Kier molecular flexibility index (Phi) is 3.71. The normalized spacial score (nSPS) is 12.5. The lowest BCUT2D eigenvalue weighted by atomic mass is 10.0. The van der Waals surface area contributed by atoms with E-state index in [0.29, 0.717) is 5.56 Å². The van der Waals surface area contributed by atoms with Crippen molar-refractivity contribution in [2.75, 3.05) is 0 Å². The van der Waals surface area contributed by atoms with E-state index in [-0.39, 0.29) is 5.56 Å². The molecule has 0 fully saturated rings. The number of benzene rings is 2. The smallest absolute Gasteiger partial charge is 0.159 e. The van der Waals surface area contributed by atoms with Crippen LogP contribution in [0.25, 0.3) is 0 Å². The van der Waals surface area contributed by atoms with Crippen molar-refractivity contribution in [2.24, 2.45) is 0 Å². The molecular formula is C13H7BrF4. The average Bonchev–Trinajstić information content (AvgIpc) is 2.32. The van der Waals surface area contributed by atoms with Crippen LogP contribution in [0.3, 0.4) is 0 Å². The first-order valence-electron chi connectivity index (χ1n) is 5.03. The summed E-state index contributed by atoms with van der Waals surface area (Å²) < 4.78 is 52.1. The average molecular weight is 319 g/mol. The largest absolute Gasteiger partial charge is 0.207 e. The van der Waals surface area contributed by atoms with Gasteiger partial charge < -0.3 is 0 Å². The summed E-state index contributed by atoms with van der Waals surface area (Å²) in [6, 6.07) is 6.36. The fourth-order valence-electron chi connectivity index (χ4n) is 1.56. The lowest BCUT2D eigenvalue weighted by molar-refractivity contribution is 0.507. The van der Waals surface area contributed by atoms with Crippen molar-refractivity contribution in [2.45, 2.75) is 4.83 Å². The van der Waals surface area contributed by atoms with Crippen molar-refractivity contribution in [3.63, 3.8) is 0 Å². The van der Waals surface area contributed by atoms with Crippen LogP contribution in [-0.4, -0.2) is 0 Å². The molecule has 0 nitrogen and oxygen atoms in total. The van der Waals surface area contributed by atoms with Gasteiger partial charge in [-0.3, -0.25) is 0 Å². The third-order valence-corrected chi connectivity index (χ3v) is 3.49. The van der Waals surface area contributed by atoms with E-state index in [0.717, 1.165) is 24.3 Å². The Bertz CT molecular complexity index is 583. The molecule has 2 aromatic rings. The number of alkyl halides is 1. The van der Waals surface area contributed by atoms with E-state index in [9.17, 15) is 17.6 Å². The molecule has 0 saturated heterocycles. The van der Waals surface area contributed by atoms with Gasteiger partial charge in [0, 0.05) is 11.6 Å². The highest BCUT2D eigenvalue weighted by Gasteiger charge is 2.17. The zero-order valence-electron chi connectivity index (χ0n) is 8.93. The van der Waals surface area contributed by atoms with Crippen molar-refractivity contribution in [1.29, 1.82) is 0 Å². The molecule has 0 bridgehead atoms. The van der Waals surface area contributed by atoms with Gasteiger partial charge in [-0.25, -0.2) is 17.6 Å².